The Kier molecular flexibility index (Phi) is 9.17. The third-order valence-corrected chi connectivity index (χ3v) is 6.30. The van der Waals surface area contributed by atoms with Crippen molar-refractivity contribution < 1.29 is 24.9 Å². The summed E-state index contributed by atoms with van der Waals surface area (Å²) in [4.78, 5) is 11.3. The third-order valence-electron chi connectivity index (χ3n) is 6.30. The van der Waals surface area contributed by atoms with Gasteiger partial charge in [-0.15, -0.1) is 12.3 Å². The number of aliphatic hydroxyl groups is 3. The Morgan fingerprint density at radius 1 is 1.36 bits per heavy atom. The molecule has 0 unspecified atom stereocenters. The van der Waals surface area contributed by atoms with E-state index in [4.69, 9.17) is 16.3 Å². The van der Waals surface area contributed by atoms with Crippen LogP contribution in [0.2, 0.25) is 0 Å². The zero-order valence-corrected chi connectivity index (χ0v) is 17.1. The normalized spacial score (nSPS) is 28.4. The number of Topliss-reactive ketones (excluding diaryl/α,β-unsaturated/α-hetero) is 1. The average Bonchev–Trinajstić information content (AvgIpc) is 3.24. The summed E-state index contributed by atoms with van der Waals surface area (Å²) >= 11 is 0. The maximum atomic E-state index is 11.3. The van der Waals surface area contributed by atoms with Gasteiger partial charge in [-0.2, -0.15) is 0 Å². The summed E-state index contributed by atoms with van der Waals surface area (Å²) in [6.07, 6.45) is 19.3. The number of ether oxygens (including phenoxy) is 1. The fraction of sp³-hybridized carbons (Fsp3) is 0.783. The average molecular weight is 393 g/mol. The van der Waals surface area contributed by atoms with Gasteiger partial charge in [0.2, 0.25) is 11.6 Å². The number of rotatable bonds is 12. The molecule has 2 aliphatic rings. The number of terminal acetylenes is 1. The number of fused-ring (bicyclic) bond motifs is 1. The number of hydrogen-bond donors (Lipinski definition) is 3. The van der Waals surface area contributed by atoms with Crippen molar-refractivity contribution in [3.8, 4) is 12.3 Å². The minimum absolute atomic E-state index is 0.0733. The fourth-order valence-electron chi connectivity index (χ4n) is 4.57. The molecule has 0 spiro atoms. The molecule has 0 aromatic heterocycles. The summed E-state index contributed by atoms with van der Waals surface area (Å²) in [5.74, 6) is 0.911. The molecule has 5 heteroatoms. The molecule has 158 valence electrons. The second kappa shape index (κ2) is 11.1. The lowest BCUT2D eigenvalue weighted by atomic mass is 9.89. The highest BCUT2D eigenvalue weighted by Gasteiger charge is 2.43. The molecule has 0 radical (unpaired) electrons. The monoisotopic (exact) mass is 392 g/mol. The highest BCUT2D eigenvalue weighted by Crippen LogP contribution is 2.45. The lowest BCUT2D eigenvalue weighted by molar-refractivity contribution is -0.188. The number of hydrogen-bond acceptors (Lipinski definition) is 5. The topological polar surface area (TPSA) is 87.0 Å². The summed E-state index contributed by atoms with van der Waals surface area (Å²) in [5, 5.41) is 28.1. The third kappa shape index (κ3) is 6.42. The molecular weight excluding hydrogens is 356 g/mol. The van der Waals surface area contributed by atoms with Gasteiger partial charge >= 0.3 is 0 Å². The van der Waals surface area contributed by atoms with Crippen LogP contribution in [0.3, 0.4) is 0 Å². The van der Waals surface area contributed by atoms with Crippen LogP contribution >= 0.6 is 0 Å². The van der Waals surface area contributed by atoms with Gasteiger partial charge in [0.25, 0.3) is 0 Å². The van der Waals surface area contributed by atoms with Crippen LogP contribution in [-0.2, 0) is 9.53 Å². The Morgan fingerprint density at radius 2 is 2.14 bits per heavy atom. The molecule has 5 atom stereocenters. The molecule has 1 aliphatic heterocycles. The first kappa shape index (κ1) is 23.1. The van der Waals surface area contributed by atoms with Gasteiger partial charge < -0.3 is 20.1 Å². The first-order valence-electron chi connectivity index (χ1n) is 10.8. The molecule has 3 N–H and O–H groups in total. The van der Waals surface area contributed by atoms with Crippen LogP contribution < -0.4 is 0 Å². The van der Waals surface area contributed by atoms with Crippen molar-refractivity contribution in [1.29, 1.82) is 0 Å². The molecular formula is C23H36O5. The van der Waals surface area contributed by atoms with E-state index < -0.39 is 18.2 Å². The summed E-state index contributed by atoms with van der Waals surface area (Å²) in [5.41, 5.74) is 0. The predicted octanol–water partition coefficient (Wildman–Crippen LogP) is 2.97. The minimum atomic E-state index is -2.43. The van der Waals surface area contributed by atoms with Crippen LogP contribution in [0.5, 0.6) is 0 Å². The van der Waals surface area contributed by atoms with E-state index in [1.54, 1.807) is 0 Å². The quantitative estimate of drug-likeness (QED) is 0.270. The summed E-state index contributed by atoms with van der Waals surface area (Å²) < 4.78 is 6.16. The van der Waals surface area contributed by atoms with Crippen molar-refractivity contribution in [2.75, 3.05) is 6.61 Å². The van der Waals surface area contributed by atoms with Crippen molar-refractivity contribution in [2.24, 2.45) is 17.8 Å². The molecule has 0 bridgehead atoms. The summed E-state index contributed by atoms with van der Waals surface area (Å²) in [6, 6.07) is 0. The SMILES string of the molecule is C#C[C@H](CC=C[C@H]1CC[C@H]2O[C@@H](CCCC(O)(O)C(=O)CO)C[C@H]12)CCCC. The van der Waals surface area contributed by atoms with E-state index in [1.165, 1.54) is 12.8 Å². The number of carbonyl (C=O) groups excluding carboxylic acids is 1. The zero-order chi connectivity index (χ0) is 20.6. The van der Waals surface area contributed by atoms with Crippen LogP contribution in [0, 0.1) is 30.1 Å². The van der Waals surface area contributed by atoms with Crippen LogP contribution in [-0.4, -0.2) is 45.7 Å². The number of ketones is 1. The molecule has 1 heterocycles. The largest absolute Gasteiger partial charge is 0.388 e. The number of carbonyl (C=O) groups is 1. The molecule has 0 amide bonds. The highest BCUT2D eigenvalue weighted by molar-refractivity contribution is 5.86. The van der Waals surface area contributed by atoms with Gasteiger partial charge in [-0.25, -0.2) is 0 Å². The second-order valence-electron chi connectivity index (χ2n) is 8.40. The molecule has 1 saturated heterocycles. The molecule has 2 fully saturated rings. The Bertz CT molecular complexity index is 562. The van der Waals surface area contributed by atoms with Gasteiger partial charge in [-0.1, -0.05) is 31.9 Å². The van der Waals surface area contributed by atoms with Crippen molar-refractivity contribution in [3.05, 3.63) is 12.2 Å². The lowest BCUT2D eigenvalue weighted by Crippen LogP contribution is -2.40. The number of aliphatic hydroxyl groups excluding tert-OH is 1. The minimum Gasteiger partial charge on any atom is -0.388 e. The predicted molar refractivity (Wildman–Crippen MR) is 108 cm³/mol. The first-order valence-corrected chi connectivity index (χ1v) is 10.8. The van der Waals surface area contributed by atoms with Gasteiger partial charge in [0.1, 0.15) is 6.61 Å². The Morgan fingerprint density at radius 3 is 2.82 bits per heavy atom. The van der Waals surface area contributed by atoms with Crippen LogP contribution in [0.25, 0.3) is 0 Å². The van der Waals surface area contributed by atoms with Crippen LogP contribution in [0.1, 0.15) is 71.1 Å². The first-order chi connectivity index (χ1) is 13.4. The maximum absolute atomic E-state index is 11.3. The molecule has 5 nitrogen and oxygen atoms in total. The van der Waals surface area contributed by atoms with Crippen molar-refractivity contribution >= 4 is 5.78 Å². The Labute approximate surface area is 169 Å². The van der Waals surface area contributed by atoms with Crippen molar-refractivity contribution in [3.63, 3.8) is 0 Å². The van der Waals surface area contributed by atoms with Crippen LogP contribution in [0.4, 0.5) is 0 Å². The fourth-order valence-corrected chi connectivity index (χ4v) is 4.57. The second-order valence-corrected chi connectivity index (χ2v) is 8.40. The number of unbranched alkanes of at least 4 members (excludes halogenated alkanes) is 1. The van der Waals surface area contributed by atoms with E-state index in [1.807, 2.05) is 0 Å². The lowest BCUT2D eigenvalue weighted by Gasteiger charge is -2.20. The van der Waals surface area contributed by atoms with Gasteiger partial charge in [0.15, 0.2) is 0 Å². The van der Waals surface area contributed by atoms with E-state index in [-0.39, 0.29) is 18.6 Å². The number of allylic oxidation sites excluding steroid dienone is 2. The molecule has 1 saturated carbocycles. The van der Waals surface area contributed by atoms with E-state index in [0.29, 0.717) is 30.6 Å². The summed E-state index contributed by atoms with van der Waals surface area (Å²) in [7, 11) is 0. The van der Waals surface area contributed by atoms with Gasteiger partial charge in [-0.3, -0.25) is 4.79 Å². The van der Waals surface area contributed by atoms with Gasteiger partial charge in [0.05, 0.1) is 12.2 Å². The van der Waals surface area contributed by atoms with Gasteiger partial charge in [0, 0.05) is 12.3 Å². The molecule has 2 rings (SSSR count). The van der Waals surface area contributed by atoms with E-state index >= 15 is 0 Å². The van der Waals surface area contributed by atoms with Gasteiger partial charge in [-0.05, 0) is 56.8 Å². The standard InChI is InChI=1S/C23H36O5/c1-3-5-8-17(4-2)9-6-10-18-12-13-21-20(18)15-19(28-21)11-7-14-23(26,27)22(25)16-24/h2,6,10,17-21,24,26-27H,3,5,7-9,11-16H2,1H3/t17-,18-,19-,20+,21+/m0/s1. The van der Waals surface area contributed by atoms with E-state index in [9.17, 15) is 15.0 Å². The Balaban J connectivity index is 1.75. The van der Waals surface area contributed by atoms with Crippen LogP contribution in [0.15, 0.2) is 12.2 Å². The molecule has 28 heavy (non-hydrogen) atoms. The molecule has 0 aromatic carbocycles. The Hall–Kier alpha value is -1.19. The highest BCUT2D eigenvalue weighted by atomic mass is 16.5. The van der Waals surface area contributed by atoms with Crippen molar-refractivity contribution in [2.45, 2.75) is 89.1 Å². The van der Waals surface area contributed by atoms with E-state index in [2.05, 4.69) is 25.0 Å². The summed E-state index contributed by atoms with van der Waals surface area (Å²) in [6.45, 7) is 1.33. The zero-order valence-electron chi connectivity index (χ0n) is 17.1. The molecule has 1 aliphatic carbocycles. The van der Waals surface area contributed by atoms with Crippen molar-refractivity contribution in [1.82, 2.24) is 0 Å². The van der Waals surface area contributed by atoms with E-state index in [0.717, 1.165) is 32.1 Å². The smallest absolute Gasteiger partial charge is 0.226 e. The molecule has 0 aromatic rings. The maximum Gasteiger partial charge on any atom is 0.226 e.